The molecule has 0 aliphatic carbocycles. The Bertz CT molecular complexity index is 843. The Kier molecular flexibility index (Phi) is 4.67. The molecule has 1 aliphatic heterocycles. The Morgan fingerprint density at radius 2 is 1.73 bits per heavy atom. The van der Waals surface area contributed by atoms with Crippen LogP contribution in [0.4, 0.5) is 4.39 Å². The minimum absolute atomic E-state index is 0.226. The van der Waals surface area contributed by atoms with Crippen LogP contribution in [0.2, 0.25) is 0 Å². The number of para-hydroxylation sites is 1. The maximum atomic E-state index is 13.4. The van der Waals surface area contributed by atoms with E-state index in [1.165, 1.54) is 12.1 Å². The molecule has 2 heterocycles. The number of hydrogen-bond donors (Lipinski definition) is 0. The smallest absolute Gasteiger partial charge is 0.237 e. The van der Waals surface area contributed by atoms with Gasteiger partial charge in [0.25, 0.3) is 0 Å². The molecule has 0 unspecified atom stereocenters. The first kappa shape index (κ1) is 16.7. The summed E-state index contributed by atoms with van der Waals surface area (Å²) in [6.07, 6.45) is 1.42. The minimum atomic E-state index is -0.454. The Morgan fingerprint density at radius 3 is 2.46 bits per heavy atom. The summed E-state index contributed by atoms with van der Waals surface area (Å²) in [5.41, 5.74) is 0.505. The van der Waals surface area contributed by atoms with Crippen LogP contribution in [-0.2, 0) is 16.8 Å². The largest absolute Gasteiger partial charge is 0.485 e. The first-order chi connectivity index (χ1) is 12.8. The summed E-state index contributed by atoms with van der Waals surface area (Å²) in [5.74, 6) is 1.49. The molecule has 0 amide bonds. The van der Waals surface area contributed by atoms with Gasteiger partial charge in [0.15, 0.2) is 6.61 Å². The van der Waals surface area contributed by atoms with E-state index in [1.54, 1.807) is 12.1 Å². The van der Waals surface area contributed by atoms with E-state index in [0.717, 1.165) is 11.3 Å². The van der Waals surface area contributed by atoms with E-state index in [-0.39, 0.29) is 12.4 Å². The van der Waals surface area contributed by atoms with Crippen molar-refractivity contribution in [2.45, 2.75) is 24.9 Å². The average Bonchev–Trinajstić information content (AvgIpc) is 3.18. The molecule has 3 aromatic rings. The van der Waals surface area contributed by atoms with E-state index in [4.69, 9.17) is 14.0 Å². The van der Waals surface area contributed by atoms with Crippen LogP contribution in [0.15, 0.2) is 59.1 Å². The van der Waals surface area contributed by atoms with Crippen molar-refractivity contribution in [3.05, 3.63) is 77.7 Å². The minimum Gasteiger partial charge on any atom is -0.485 e. The van der Waals surface area contributed by atoms with Gasteiger partial charge >= 0.3 is 0 Å². The van der Waals surface area contributed by atoms with Crippen LogP contribution in [0.3, 0.4) is 0 Å². The van der Waals surface area contributed by atoms with Crippen LogP contribution in [0, 0.1) is 5.82 Å². The second-order valence-electron chi connectivity index (χ2n) is 6.32. The van der Waals surface area contributed by atoms with Gasteiger partial charge < -0.3 is 14.0 Å². The number of ether oxygens (including phenoxy) is 2. The van der Waals surface area contributed by atoms with Gasteiger partial charge in [0.2, 0.25) is 11.7 Å². The fourth-order valence-corrected chi connectivity index (χ4v) is 3.29. The highest BCUT2D eigenvalue weighted by atomic mass is 19.1. The number of hydrogen-bond acceptors (Lipinski definition) is 5. The van der Waals surface area contributed by atoms with Gasteiger partial charge in [-0.05, 0) is 42.7 Å². The second-order valence-corrected chi connectivity index (χ2v) is 6.32. The van der Waals surface area contributed by atoms with Crippen LogP contribution >= 0.6 is 0 Å². The van der Waals surface area contributed by atoms with Crippen LogP contribution < -0.4 is 4.74 Å². The lowest BCUT2D eigenvalue weighted by molar-refractivity contribution is 0.0523. The third kappa shape index (κ3) is 3.32. The Hall–Kier alpha value is -2.73. The Labute approximate surface area is 150 Å². The van der Waals surface area contributed by atoms with Gasteiger partial charge in [-0.15, -0.1) is 0 Å². The molecule has 1 aromatic heterocycles. The van der Waals surface area contributed by atoms with Gasteiger partial charge in [0.05, 0.1) is 5.41 Å². The van der Waals surface area contributed by atoms with Crippen molar-refractivity contribution in [2.75, 3.05) is 13.2 Å². The zero-order chi connectivity index (χ0) is 17.8. The second kappa shape index (κ2) is 7.25. The molecular weight excluding hydrogens is 335 g/mol. The Balaban J connectivity index is 1.58. The molecule has 0 N–H and O–H groups in total. The van der Waals surface area contributed by atoms with E-state index in [2.05, 4.69) is 10.1 Å². The highest BCUT2D eigenvalue weighted by Gasteiger charge is 2.41. The molecule has 0 bridgehead atoms. The molecule has 26 heavy (non-hydrogen) atoms. The lowest BCUT2D eigenvalue weighted by Gasteiger charge is -2.34. The van der Waals surface area contributed by atoms with Gasteiger partial charge in [-0.25, -0.2) is 4.39 Å². The lowest BCUT2D eigenvalue weighted by Crippen LogP contribution is -2.35. The van der Waals surface area contributed by atoms with Crippen molar-refractivity contribution >= 4 is 0 Å². The summed E-state index contributed by atoms with van der Waals surface area (Å²) in [4.78, 5) is 4.57. The van der Waals surface area contributed by atoms with E-state index >= 15 is 0 Å². The first-order valence-electron chi connectivity index (χ1n) is 8.61. The van der Waals surface area contributed by atoms with Gasteiger partial charge in [-0.2, -0.15) is 4.98 Å². The summed E-state index contributed by atoms with van der Waals surface area (Å²) in [6.45, 7) is 1.41. The molecule has 5 nitrogen and oxygen atoms in total. The normalized spacial score (nSPS) is 16.3. The number of halogens is 1. The number of rotatable bonds is 5. The molecule has 0 spiro atoms. The average molecular weight is 354 g/mol. The zero-order valence-electron chi connectivity index (χ0n) is 14.2. The molecule has 6 heteroatoms. The van der Waals surface area contributed by atoms with E-state index in [0.29, 0.717) is 37.8 Å². The van der Waals surface area contributed by atoms with E-state index < -0.39 is 5.41 Å². The molecule has 1 saturated heterocycles. The predicted molar refractivity (Wildman–Crippen MR) is 92.3 cm³/mol. The van der Waals surface area contributed by atoms with Crippen molar-refractivity contribution in [1.29, 1.82) is 0 Å². The summed E-state index contributed by atoms with van der Waals surface area (Å²) in [6, 6.07) is 16.0. The number of benzene rings is 2. The number of nitrogens with zero attached hydrogens (tertiary/aromatic N) is 2. The molecule has 1 fully saturated rings. The van der Waals surface area contributed by atoms with Gasteiger partial charge in [-0.1, -0.05) is 35.5 Å². The van der Waals surface area contributed by atoms with Crippen molar-refractivity contribution in [2.24, 2.45) is 0 Å². The molecule has 4 rings (SSSR count). The molecule has 134 valence electrons. The Morgan fingerprint density at radius 1 is 1.00 bits per heavy atom. The summed E-state index contributed by atoms with van der Waals surface area (Å²) >= 11 is 0. The topological polar surface area (TPSA) is 57.4 Å². The molecule has 0 radical (unpaired) electrons. The quantitative estimate of drug-likeness (QED) is 0.696. The van der Waals surface area contributed by atoms with Crippen LogP contribution in [0.5, 0.6) is 5.75 Å². The standard InChI is InChI=1S/C20H19FN2O3/c21-16-8-6-15(7-9-16)20(10-12-24-13-11-20)19-22-18(23-26-19)14-25-17-4-2-1-3-5-17/h1-9H,10-14H2. The highest BCUT2D eigenvalue weighted by molar-refractivity contribution is 5.33. The van der Waals surface area contributed by atoms with Crippen LogP contribution in [0.25, 0.3) is 0 Å². The lowest BCUT2D eigenvalue weighted by atomic mass is 9.74. The monoisotopic (exact) mass is 354 g/mol. The predicted octanol–water partition coefficient (Wildman–Crippen LogP) is 3.88. The number of aromatic nitrogens is 2. The zero-order valence-corrected chi connectivity index (χ0v) is 14.2. The third-order valence-electron chi connectivity index (χ3n) is 4.73. The maximum Gasteiger partial charge on any atom is 0.237 e. The summed E-state index contributed by atoms with van der Waals surface area (Å²) in [7, 11) is 0. The third-order valence-corrected chi connectivity index (χ3v) is 4.73. The van der Waals surface area contributed by atoms with Gasteiger partial charge in [-0.3, -0.25) is 0 Å². The summed E-state index contributed by atoms with van der Waals surface area (Å²) in [5, 5.41) is 4.07. The fourth-order valence-electron chi connectivity index (χ4n) is 3.29. The van der Waals surface area contributed by atoms with Crippen LogP contribution in [-0.4, -0.2) is 23.4 Å². The molecule has 0 atom stereocenters. The molecular formula is C20H19FN2O3. The molecule has 2 aromatic carbocycles. The van der Waals surface area contributed by atoms with Crippen LogP contribution in [0.1, 0.15) is 30.1 Å². The SMILES string of the molecule is Fc1ccc(C2(c3nc(COc4ccccc4)no3)CCOCC2)cc1. The molecule has 0 saturated carbocycles. The van der Waals surface area contributed by atoms with Crippen molar-refractivity contribution in [1.82, 2.24) is 10.1 Å². The molecule has 1 aliphatic rings. The first-order valence-corrected chi connectivity index (χ1v) is 8.61. The summed E-state index contributed by atoms with van der Waals surface area (Å²) < 4.78 is 30.1. The van der Waals surface area contributed by atoms with Gasteiger partial charge in [0, 0.05) is 13.2 Å². The van der Waals surface area contributed by atoms with Crippen molar-refractivity contribution < 1.29 is 18.4 Å². The van der Waals surface area contributed by atoms with E-state index in [9.17, 15) is 4.39 Å². The maximum absolute atomic E-state index is 13.4. The fraction of sp³-hybridized carbons (Fsp3) is 0.300. The van der Waals surface area contributed by atoms with Crippen molar-refractivity contribution in [3.8, 4) is 5.75 Å². The highest BCUT2D eigenvalue weighted by Crippen LogP contribution is 2.40. The van der Waals surface area contributed by atoms with Gasteiger partial charge in [0.1, 0.15) is 11.6 Å². The van der Waals surface area contributed by atoms with Crippen molar-refractivity contribution in [3.63, 3.8) is 0 Å². The van der Waals surface area contributed by atoms with E-state index in [1.807, 2.05) is 30.3 Å².